The van der Waals surface area contributed by atoms with E-state index in [0.29, 0.717) is 8.30 Å². The second kappa shape index (κ2) is 3.85. The number of halogens is 2. The van der Waals surface area contributed by atoms with E-state index < -0.39 is 0 Å². The molecule has 6 heteroatoms. The van der Waals surface area contributed by atoms with Gasteiger partial charge < -0.3 is 9.84 Å². The summed E-state index contributed by atoms with van der Waals surface area (Å²) in [5.41, 5.74) is 0. The van der Waals surface area contributed by atoms with Crippen molar-refractivity contribution < 1.29 is 14.6 Å². The number of carbonyl (C=O) groups is 1. The summed E-state index contributed by atoms with van der Waals surface area (Å²) in [5, 5.41) is 9.11. The van der Waals surface area contributed by atoms with Crippen LogP contribution in [0.15, 0.2) is 19.1 Å². The third-order valence-corrected chi connectivity index (χ3v) is 4.54. The van der Waals surface area contributed by atoms with Crippen LogP contribution in [0, 0.1) is 0 Å². The van der Waals surface area contributed by atoms with Crippen LogP contribution >= 0.6 is 43.6 Å². The smallest absolute Gasteiger partial charge is 0.295 e. The van der Waals surface area contributed by atoms with Gasteiger partial charge in [-0.1, -0.05) is 11.8 Å². The molecule has 0 atom stereocenters. The summed E-state index contributed by atoms with van der Waals surface area (Å²) in [4.78, 5) is 11.5. The largest absolute Gasteiger partial charge is 0.480 e. The van der Waals surface area contributed by atoms with E-state index in [4.69, 9.17) is 5.11 Å². The fourth-order valence-electron chi connectivity index (χ4n) is 0.603. The standard InChI is InChI=1S/C6H4Br2O3S/c1-11-6(10)4-3(9)2(7)5(8)12-4/h10H,1H3/b6-4-. The summed E-state index contributed by atoms with van der Waals surface area (Å²) in [6.45, 7) is 0. The lowest BCUT2D eigenvalue weighted by molar-refractivity contribution is -0.111. The molecule has 1 N–H and O–H groups in total. The zero-order valence-corrected chi connectivity index (χ0v) is 9.92. The van der Waals surface area contributed by atoms with Gasteiger partial charge in [-0.15, -0.1) is 0 Å². The molecule has 12 heavy (non-hydrogen) atoms. The van der Waals surface area contributed by atoms with Crippen molar-refractivity contribution in [1.82, 2.24) is 0 Å². The average Bonchev–Trinajstić information content (AvgIpc) is 2.32. The molecule has 0 amide bonds. The minimum atomic E-state index is -0.351. The molecule has 1 aliphatic rings. The Bertz CT molecular complexity index is 295. The Morgan fingerprint density at radius 1 is 1.58 bits per heavy atom. The van der Waals surface area contributed by atoms with Crippen LogP contribution in [0.25, 0.3) is 0 Å². The molecule has 0 saturated heterocycles. The molecule has 0 aromatic rings. The van der Waals surface area contributed by atoms with Gasteiger partial charge in [0, 0.05) is 0 Å². The molecule has 0 unspecified atom stereocenters. The Balaban J connectivity index is 3.01. The van der Waals surface area contributed by atoms with Gasteiger partial charge in [-0.3, -0.25) is 4.79 Å². The highest BCUT2D eigenvalue weighted by atomic mass is 79.9. The summed E-state index contributed by atoms with van der Waals surface area (Å²) < 4.78 is 5.58. The maximum atomic E-state index is 11.3. The van der Waals surface area contributed by atoms with Gasteiger partial charge >= 0.3 is 0 Å². The van der Waals surface area contributed by atoms with Crippen molar-refractivity contribution in [3.8, 4) is 0 Å². The van der Waals surface area contributed by atoms with Crippen LogP contribution in [-0.2, 0) is 9.53 Å². The van der Waals surface area contributed by atoms with E-state index in [1.807, 2.05) is 0 Å². The Labute approximate surface area is 90.1 Å². The lowest BCUT2D eigenvalue weighted by Crippen LogP contribution is -1.98. The predicted molar refractivity (Wildman–Crippen MR) is 54.1 cm³/mol. The lowest BCUT2D eigenvalue weighted by atomic mass is 10.4. The van der Waals surface area contributed by atoms with Gasteiger partial charge in [0.15, 0.2) is 0 Å². The number of thioether (sulfide) groups is 1. The van der Waals surface area contributed by atoms with Gasteiger partial charge in [0.1, 0.15) is 4.91 Å². The summed E-state index contributed by atoms with van der Waals surface area (Å²) in [5.74, 6) is -0.623. The molecule has 0 spiro atoms. The first kappa shape index (κ1) is 10.1. The summed E-state index contributed by atoms with van der Waals surface area (Å²) in [6, 6.07) is 0. The van der Waals surface area contributed by atoms with E-state index in [-0.39, 0.29) is 16.6 Å². The summed E-state index contributed by atoms with van der Waals surface area (Å²) in [7, 11) is 1.30. The monoisotopic (exact) mass is 314 g/mol. The highest BCUT2D eigenvalue weighted by molar-refractivity contribution is 9.16. The van der Waals surface area contributed by atoms with Crippen molar-refractivity contribution in [2.24, 2.45) is 0 Å². The number of ketones is 1. The van der Waals surface area contributed by atoms with E-state index in [1.54, 1.807) is 0 Å². The normalized spacial score (nSPS) is 21.8. The molecule has 0 aromatic heterocycles. The Morgan fingerprint density at radius 3 is 2.50 bits per heavy atom. The number of rotatable bonds is 1. The van der Waals surface area contributed by atoms with E-state index in [0.717, 1.165) is 11.8 Å². The first-order valence-corrected chi connectivity index (χ1v) is 5.23. The number of hydrogen-bond donors (Lipinski definition) is 1. The van der Waals surface area contributed by atoms with Crippen molar-refractivity contribution in [2.75, 3.05) is 7.11 Å². The fraction of sp³-hybridized carbons (Fsp3) is 0.167. The molecule has 1 aliphatic heterocycles. The number of allylic oxidation sites excluding steroid dienone is 2. The van der Waals surface area contributed by atoms with Crippen molar-refractivity contribution in [1.29, 1.82) is 0 Å². The number of hydrogen-bond acceptors (Lipinski definition) is 4. The van der Waals surface area contributed by atoms with Crippen LogP contribution in [0.5, 0.6) is 0 Å². The number of carbonyl (C=O) groups excluding carboxylic acids is 1. The van der Waals surface area contributed by atoms with Gasteiger partial charge in [0.25, 0.3) is 5.95 Å². The third kappa shape index (κ3) is 1.70. The molecule has 0 saturated carbocycles. The first-order chi connectivity index (χ1) is 5.57. The van der Waals surface area contributed by atoms with Gasteiger partial charge in [-0.2, -0.15) is 0 Å². The van der Waals surface area contributed by atoms with E-state index in [2.05, 4.69) is 36.6 Å². The average molecular weight is 316 g/mol. The van der Waals surface area contributed by atoms with Crippen LogP contribution in [-0.4, -0.2) is 18.0 Å². The Hall–Kier alpha value is 0.0600. The first-order valence-electron chi connectivity index (χ1n) is 2.83. The van der Waals surface area contributed by atoms with Gasteiger partial charge in [-0.05, 0) is 31.9 Å². The molecular weight excluding hydrogens is 312 g/mol. The second-order valence-corrected chi connectivity index (χ2v) is 4.99. The molecule has 66 valence electrons. The van der Waals surface area contributed by atoms with Crippen LogP contribution in [0.2, 0.25) is 0 Å². The topological polar surface area (TPSA) is 46.5 Å². The molecule has 0 bridgehead atoms. The van der Waals surface area contributed by atoms with Crippen molar-refractivity contribution in [2.45, 2.75) is 0 Å². The zero-order valence-electron chi connectivity index (χ0n) is 5.93. The molecular formula is C6H4Br2O3S. The van der Waals surface area contributed by atoms with E-state index >= 15 is 0 Å². The minimum Gasteiger partial charge on any atom is -0.480 e. The fourth-order valence-corrected chi connectivity index (χ4v) is 2.57. The number of aliphatic hydroxyl groups excluding tert-OH is 1. The van der Waals surface area contributed by atoms with Crippen LogP contribution < -0.4 is 0 Å². The van der Waals surface area contributed by atoms with E-state index in [1.165, 1.54) is 7.11 Å². The SMILES string of the molecule is CO/C(O)=C1\SC(Br)=C(Br)C1=O. The summed E-state index contributed by atoms with van der Waals surface area (Å²) in [6.07, 6.45) is 0. The molecule has 1 heterocycles. The second-order valence-electron chi connectivity index (χ2n) is 1.86. The Kier molecular flexibility index (Phi) is 3.25. The van der Waals surface area contributed by atoms with Crippen molar-refractivity contribution in [3.63, 3.8) is 0 Å². The highest BCUT2D eigenvalue weighted by Gasteiger charge is 2.30. The van der Waals surface area contributed by atoms with E-state index in [9.17, 15) is 4.79 Å². The number of methoxy groups -OCH3 is 1. The molecule has 3 nitrogen and oxygen atoms in total. The minimum absolute atomic E-state index is 0.191. The maximum absolute atomic E-state index is 11.3. The van der Waals surface area contributed by atoms with Crippen LogP contribution in [0.1, 0.15) is 0 Å². The van der Waals surface area contributed by atoms with Crippen LogP contribution in [0.4, 0.5) is 0 Å². The quantitative estimate of drug-likeness (QED) is 0.597. The van der Waals surface area contributed by atoms with Crippen molar-refractivity contribution in [3.05, 3.63) is 19.1 Å². The number of aliphatic hydroxyl groups is 1. The number of ether oxygens (including phenoxy) is 1. The van der Waals surface area contributed by atoms with Crippen molar-refractivity contribution >= 4 is 49.4 Å². The zero-order chi connectivity index (χ0) is 9.30. The maximum Gasteiger partial charge on any atom is 0.295 e. The van der Waals surface area contributed by atoms with Gasteiger partial charge in [-0.25, -0.2) is 0 Å². The molecule has 0 aromatic carbocycles. The van der Waals surface area contributed by atoms with Gasteiger partial charge in [0.2, 0.25) is 5.78 Å². The summed E-state index contributed by atoms with van der Waals surface area (Å²) >= 11 is 7.34. The molecule has 0 fully saturated rings. The predicted octanol–water partition coefficient (Wildman–Crippen LogP) is 2.63. The molecule has 0 radical (unpaired) electrons. The third-order valence-electron chi connectivity index (χ3n) is 1.16. The lowest BCUT2D eigenvalue weighted by Gasteiger charge is -1.99. The highest BCUT2D eigenvalue weighted by Crippen LogP contribution is 2.45. The van der Waals surface area contributed by atoms with Crippen LogP contribution in [0.3, 0.4) is 0 Å². The van der Waals surface area contributed by atoms with Gasteiger partial charge in [0.05, 0.1) is 15.4 Å². The molecule has 0 aliphatic carbocycles. The molecule has 1 rings (SSSR count). The number of Topliss-reactive ketones (excluding diaryl/α,β-unsaturated/α-hetero) is 1. The Morgan fingerprint density at radius 2 is 2.17 bits per heavy atom.